The fraction of sp³-hybridized carbons (Fsp3) is 0.500. The summed E-state index contributed by atoms with van der Waals surface area (Å²) >= 11 is 0. The number of rotatable bonds is 18. The Hall–Kier alpha value is -2.74. The summed E-state index contributed by atoms with van der Waals surface area (Å²) in [5, 5.41) is 0. The molecule has 1 aromatic rings. The standard InChI is InChI=1S/C36H54O2/c1-29(2)15-11-17-31(5)19-13-21-33(7)25-27-37-35-23-9-10-24-36(35)38-28-26-34(8)22-14-20-32(6)18-12-16-30(3)4/h9-10,15-16,19-20,23-26H,11-14,17-18,21-22,27-28H2,1-8H3/b31-19+,32-20+,33-25+,34-26+. The monoisotopic (exact) mass is 518 g/mol. The highest BCUT2D eigenvalue weighted by Gasteiger charge is 2.03. The molecule has 0 aromatic heterocycles. The van der Waals surface area contributed by atoms with Gasteiger partial charge >= 0.3 is 0 Å². The Morgan fingerprint density at radius 3 is 1.13 bits per heavy atom. The summed E-state index contributed by atoms with van der Waals surface area (Å²) in [6.07, 6.45) is 22.6. The van der Waals surface area contributed by atoms with Crippen LogP contribution in [0.1, 0.15) is 107 Å². The molecular formula is C36H54O2. The maximum Gasteiger partial charge on any atom is 0.161 e. The normalized spacial score (nSPS) is 12.8. The Labute approximate surface area is 234 Å². The highest BCUT2D eigenvalue weighted by molar-refractivity contribution is 5.39. The lowest BCUT2D eigenvalue weighted by molar-refractivity contribution is 0.307. The first-order valence-electron chi connectivity index (χ1n) is 14.4. The van der Waals surface area contributed by atoms with Crippen molar-refractivity contribution >= 4 is 0 Å². The Morgan fingerprint density at radius 2 is 0.789 bits per heavy atom. The first-order chi connectivity index (χ1) is 18.2. The molecule has 0 atom stereocenters. The van der Waals surface area contributed by atoms with Crippen molar-refractivity contribution < 1.29 is 9.47 Å². The minimum Gasteiger partial charge on any atom is -0.486 e. The van der Waals surface area contributed by atoms with Crippen LogP contribution in [0.4, 0.5) is 0 Å². The highest BCUT2D eigenvalue weighted by Crippen LogP contribution is 2.26. The van der Waals surface area contributed by atoms with Crippen LogP contribution in [0.15, 0.2) is 94.2 Å². The molecule has 1 aromatic carbocycles. The molecule has 0 heterocycles. The van der Waals surface area contributed by atoms with Crippen LogP contribution in [0.25, 0.3) is 0 Å². The Kier molecular flexibility index (Phi) is 17.7. The van der Waals surface area contributed by atoms with E-state index in [4.69, 9.17) is 9.47 Å². The van der Waals surface area contributed by atoms with Crippen LogP contribution < -0.4 is 9.47 Å². The lowest BCUT2D eigenvalue weighted by atomic mass is 10.1. The van der Waals surface area contributed by atoms with Gasteiger partial charge in [-0.05, 0) is 131 Å². The number of para-hydroxylation sites is 2. The molecule has 0 aliphatic carbocycles. The fourth-order valence-electron chi connectivity index (χ4n) is 3.91. The zero-order valence-electron chi connectivity index (χ0n) is 25.7. The first-order valence-corrected chi connectivity index (χ1v) is 14.4. The van der Waals surface area contributed by atoms with Crippen LogP contribution in [0, 0.1) is 0 Å². The van der Waals surface area contributed by atoms with Gasteiger partial charge in [0.15, 0.2) is 11.5 Å². The molecule has 210 valence electrons. The van der Waals surface area contributed by atoms with Gasteiger partial charge in [-0.3, -0.25) is 0 Å². The summed E-state index contributed by atoms with van der Waals surface area (Å²) in [7, 11) is 0. The zero-order chi connectivity index (χ0) is 28.2. The molecular weight excluding hydrogens is 464 g/mol. The average molecular weight is 519 g/mol. The molecule has 38 heavy (non-hydrogen) atoms. The van der Waals surface area contributed by atoms with Crippen LogP contribution >= 0.6 is 0 Å². The Balaban J connectivity index is 2.43. The second-order valence-corrected chi connectivity index (χ2v) is 11.0. The van der Waals surface area contributed by atoms with E-state index in [1.54, 1.807) is 0 Å². The third-order valence-electron chi connectivity index (χ3n) is 6.44. The molecule has 0 saturated carbocycles. The molecule has 1 rings (SSSR count). The third kappa shape index (κ3) is 17.7. The van der Waals surface area contributed by atoms with Crippen LogP contribution in [-0.4, -0.2) is 13.2 Å². The molecule has 0 amide bonds. The van der Waals surface area contributed by atoms with Crippen molar-refractivity contribution in [2.75, 3.05) is 13.2 Å². The molecule has 0 unspecified atom stereocenters. The van der Waals surface area contributed by atoms with Crippen molar-refractivity contribution in [3.63, 3.8) is 0 Å². The Morgan fingerprint density at radius 1 is 0.474 bits per heavy atom. The van der Waals surface area contributed by atoms with Crippen molar-refractivity contribution in [2.24, 2.45) is 0 Å². The van der Waals surface area contributed by atoms with Crippen molar-refractivity contribution in [1.82, 2.24) is 0 Å². The lowest BCUT2D eigenvalue weighted by Crippen LogP contribution is -2.00. The summed E-state index contributed by atoms with van der Waals surface area (Å²) in [6.45, 7) is 18.6. The van der Waals surface area contributed by atoms with Gasteiger partial charge in [0.1, 0.15) is 13.2 Å². The minimum atomic E-state index is 0.559. The maximum atomic E-state index is 6.05. The average Bonchev–Trinajstić information content (AvgIpc) is 2.84. The molecule has 0 bridgehead atoms. The van der Waals surface area contributed by atoms with E-state index in [1.807, 2.05) is 24.3 Å². The van der Waals surface area contributed by atoms with E-state index in [1.165, 1.54) is 33.4 Å². The maximum absolute atomic E-state index is 6.05. The van der Waals surface area contributed by atoms with E-state index < -0.39 is 0 Å². The van der Waals surface area contributed by atoms with E-state index in [0.29, 0.717) is 13.2 Å². The lowest BCUT2D eigenvalue weighted by Gasteiger charge is -2.11. The van der Waals surface area contributed by atoms with E-state index in [-0.39, 0.29) is 0 Å². The molecule has 0 N–H and O–H groups in total. The van der Waals surface area contributed by atoms with Gasteiger partial charge in [0, 0.05) is 0 Å². The number of hydrogen-bond donors (Lipinski definition) is 0. The SMILES string of the molecule is CC(C)=CCC/C(C)=C/CC/C(C)=C/COc1ccccc1OC/C=C(\C)CC/C=C(\C)CCC=C(C)C. The molecule has 0 aliphatic heterocycles. The van der Waals surface area contributed by atoms with Crippen molar-refractivity contribution in [3.05, 3.63) is 94.2 Å². The highest BCUT2D eigenvalue weighted by atomic mass is 16.5. The summed E-state index contributed by atoms with van der Waals surface area (Å²) in [6, 6.07) is 7.96. The largest absolute Gasteiger partial charge is 0.486 e. The van der Waals surface area contributed by atoms with Crippen molar-refractivity contribution in [2.45, 2.75) is 107 Å². The van der Waals surface area contributed by atoms with Crippen LogP contribution in [0.5, 0.6) is 11.5 Å². The smallest absolute Gasteiger partial charge is 0.161 e. The van der Waals surface area contributed by atoms with Gasteiger partial charge < -0.3 is 9.47 Å². The number of hydrogen-bond acceptors (Lipinski definition) is 2. The summed E-state index contributed by atoms with van der Waals surface area (Å²) in [4.78, 5) is 0. The zero-order valence-corrected chi connectivity index (χ0v) is 25.7. The Bertz CT molecular complexity index is 909. The summed E-state index contributed by atoms with van der Waals surface area (Å²) in [5.41, 5.74) is 8.46. The molecule has 0 saturated heterocycles. The number of benzene rings is 1. The molecule has 0 fully saturated rings. The number of ether oxygens (including phenoxy) is 2. The van der Waals surface area contributed by atoms with E-state index in [0.717, 1.165) is 62.9 Å². The van der Waals surface area contributed by atoms with Crippen LogP contribution in [0.3, 0.4) is 0 Å². The van der Waals surface area contributed by atoms with Crippen LogP contribution in [0.2, 0.25) is 0 Å². The molecule has 2 nitrogen and oxygen atoms in total. The van der Waals surface area contributed by atoms with Gasteiger partial charge in [0.2, 0.25) is 0 Å². The summed E-state index contributed by atoms with van der Waals surface area (Å²) < 4.78 is 12.1. The molecule has 0 aliphatic rings. The van der Waals surface area contributed by atoms with Crippen molar-refractivity contribution in [1.29, 1.82) is 0 Å². The van der Waals surface area contributed by atoms with E-state index in [2.05, 4.69) is 91.8 Å². The predicted molar refractivity (Wildman–Crippen MR) is 168 cm³/mol. The van der Waals surface area contributed by atoms with Gasteiger partial charge in [-0.25, -0.2) is 0 Å². The van der Waals surface area contributed by atoms with Crippen LogP contribution in [-0.2, 0) is 0 Å². The quantitative estimate of drug-likeness (QED) is 0.180. The van der Waals surface area contributed by atoms with Gasteiger partial charge in [0.05, 0.1) is 0 Å². The van der Waals surface area contributed by atoms with Gasteiger partial charge in [-0.1, -0.05) is 69.9 Å². The number of allylic oxidation sites excluding steroid dienone is 10. The third-order valence-corrected chi connectivity index (χ3v) is 6.44. The fourth-order valence-corrected chi connectivity index (χ4v) is 3.91. The molecule has 0 spiro atoms. The topological polar surface area (TPSA) is 18.5 Å². The second kappa shape index (κ2) is 20.3. The molecule has 2 heteroatoms. The summed E-state index contributed by atoms with van der Waals surface area (Å²) in [5.74, 6) is 1.60. The van der Waals surface area contributed by atoms with E-state index in [9.17, 15) is 0 Å². The van der Waals surface area contributed by atoms with E-state index >= 15 is 0 Å². The van der Waals surface area contributed by atoms with Crippen molar-refractivity contribution in [3.8, 4) is 11.5 Å². The molecule has 0 radical (unpaired) electrons. The minimum absolute atomic E-state index is 0.559. The second-order valence-electron chi connectivity index (χ2n) is 11.0. The van der Waals surface area contributed by atoms with Gasteiger partial charge in [0.25, 0.3) is 0 Å². The van der Waals surface area contributed by atoms with Gasteiger partial charge in [-0.15, -0.1) is 0 Å². The van der Waals surface area contributed by atoms with Gasteiger partial charge in [-0.2, -0.15) is 0 Å². The predicted octanol–water partition coefficient (Wildman–Crippen LogP) is 11.3. The first kappa shape index (κ1) is 33.3.